The van der Waals surface area contributed by atoms with Gasteiger partial charge in [0.1, 0.15) is 0 Å². The number of piperazine rings is 1. The Bertz CT molecular complexity index is 492. The van der Waals surface area contributed by atoms with Gasteiger partial charge >= 0.3 is 0 Å². The third-order valence-corrected chi connectivity index (χ3v) is 3.75. The number of hydrogen-bond acceptors (Lipinski definition) is 4. The summed E-state index contributed by atoms with van der Waals surface area (Å²) in [5.41, 5.74) is 6.89. The smallest absolute Gasteiger partial charge is 0.239 e. The zero-order chi connectivity index (χ0) is 15.8. The molecule has 0 unspecified atom stereocenters. The van der Waals surface area contributed by atoms with E-state index in [-0.39, 0.29) is 18.4 Å². The van der Waals surface area contributed by atoms with Crippen molar-refractivity contribution in [2.45, 2.75) is 6.42 Å². The predicted molar refractivity (Wildman–Crippen MR) is 85.2 cm³/mol. The van der Waals surface area contributed by atoms with Crippen molar-refractivity contribution in [3.63, 3.8) is 0 Å². The van der Waals surface area contributed by atoms with Crippen LogP contribution in [0.1, 0.15) is 5.56 Å². The van der Waals surface area contributed by atoms with Crippen molar-refractivity contribution in [2.75, 3.05) is 45.8 Å². The summed E-state index contributed by atoms with van der Waals surface area (Å²) in [6.07, 6.45) is 0.884. The number of hydrogen-bond donors (Lipinski definition) is 2. The molecule has 1 saturated heterocycles. The number of nitrogens with zero attached hydrogens (tertiary/aromatic N) is 2. The fourth-order valence-electron chi connectivity index (χ4n) is 2.53. The molecule has 6 nitrogen and oxygen atoms in total. The van der Waals surface area contributed by atoms with Gasteiger partial charge in [0.15, 0.2) is 0 Å². The molecule has 22 heavy (non-hydrogen) atoms. The van der Waals surface area contributed by atoms with Gasteiger partial charge in [-0.15, -0.1) is 0 Å². The van der Waals surface area contributed by atoms with Crippen LogP contribution >= 0.6 is 0 Å². The second-order valence-electron chi connectivity index (χ2n) is 5.47. The van der Waals surface area contributed by atoms with Crippen molar-refractivity contribution in [1.29, 1.82) is 0 Å². The zero-order valence-electron chi connectivity index (χ0n) is 12.8. The monoisotopic (exact) mass is 304 g/mol. The molecule has 1 fully saturated rings. The van der Waals surface area contributed by atoms with Crippen molar-refractivity contribution in [3.8, 4) is 0 Å². The Labute approximate surface area is 131 Å². The van der Waals surface area contributed by atoms with Gasteiger partial charge in [0, 0.05) is 32.7 Å². The van der Waals surface area contributed by atoms with Crippen LogP contribution in [0.3, 0.4) is 0 Å². The van der Waals surface area contributed by atoms with Gasteiger partial charge < -0.3 is 16.0 Å². The Morgan fingerprint density at radius 2 is 2.05 bits per heavy atom. The van der Waals surface area contributed by atoms with Crippen LogP contribution in [-0.2, 0) is 16.0 Å². The van der Waals surface area contributed by atoms with E-state index in [0.29, 0.717) is 32.7 Å². The van der Waals surface area contributed by atoms with E-state index >= 15 is 0 Å². The molecule has 0 radical (unpaired) electrons. The minimum atomic E-state index is -0.0886. The average molecular weight is 304 g/mol. The third-order valence-electron chi connectivity index (χ3n) is 3.75. The van der Waals surface area contributed by atoms with Gasteiger partial charge in [-0.1, -0.05) is 30.3 Å². The van der Waals surface area contributed by atoms with Crippen LogP contribution in [0.4, 0.5) is 0 Å². The maximum Gasteiger partial charge on any atom is 0.239 e. The number of nitrogens with one attached hydrogen (secondary N) is 1. The Balaban J connectivity index is 1.84. The fourth-order valence-corrected chi connectivity index (χ4v) is 2.53. The standard InChI is InChI=1S/C16H24N4O2/c17-7-10-19(9-6-14-4-2-1-3-5-14)13-16(22)20-11-8-18-15(21)12-20/h1-5H,6-13,17H2,(H,18,21). The molecule has 1 aromatic rings. The Morgan fingerprint density at radius 3 is 2.73 bits per heavy atom. The topological polar surface area (TPSA) is 78.7 Å². The molecule has 1 heterocycles. The van der Waals surface area contributed by atoms with Crippen molar-refractivity contribution in [1.82, 2.24) is 15.1 Å². The molecule has 1 aliphatic heterocycles. The molecule has 0 atom stereocenters. The van der Waals surface area contributed by atoms with Crippen LogP contribution in [0.25, 0.3) is 0 Å². The molecule has 3 N–H and O–H groups in total. The average Bonchev–Trinajstić information content (AvgIpc) is 2.54. The second kappa shape index (κ2) is 8.51. The molecule has 120 valence electrons. The molecule has 0 spiro atoms. The SMILES string of the molecule is NCCN(CCc1ccccc1)CC(=O)N1CCNC(=O)C1. The number of rotatable bonds is 7. The Morgan fingerprint density at radius 1 is 1.27 bits per heavy atom. The van der Waals surface area contributed by atoms with Crippen molar-refractivity contribution >= 4 is 11.8 Å². The van der Waals surface area contributed by atoms with E-state index in [2.05, 4.69) is 22.3 Å². The first-order valence-electron chi connectivity index (χ1n) is 7.70. The number of benzene rings is 1. The molecule has 1 aromatic carbocycles. The zero-order valence-corrected chi connectivity index (χ0v) is 12.8. The third kappa shape index (κ3) is 5.13. The van der Waals surface area contributed by atoms with Crippen molar-refractivity contribution < 1.29 is 9.59 Å². The molecule has 6 heteroatoms. The van der Waals surface area contributed by atoms with E-state index in [0.717, 1.165) is 13.0 Å². The van der Waals surface area contributed by atoms with E-state index in [4.69, 9.17) is 5.73 Å². The van der Waals surface area contributed by atoms with Crippen molar-refractivity contribution in [3.05, 3.63) is 35.9 Å². The van der Waals surface area contributed by atoms with E-state index in [1.54, 1.807) is 4.90 Å². The maximum atomic E-state index is 12.3. The highest BCUT2D eigenvalue weighted by atomic mass is 16.2. The summed E-state index contributed by atoms with van der Waals surface area (Å²) < 4.78 is 0. The predicted octanol–water partition coefficient (Wildman–Crippen LogP) is -0.552. The molecule has 0 saturated carbocycles. The lowest BCUT2D eigenvalue weighted by Gasteiger charge is -2.29. The number of carbonyl (C=O) groups excluding carboxylic acids is 2. The van der Waals surface area contributed by atoms with Crippen LogP contribution in [0.2, 0.25) is 0 Å². The first-order valence-corrected chi connectivity index (χ1v) is 7.70. The Kier molecular flexibility index (Phi) is 6.36. The summed E-state index contributed by atoms with van der Waals surface area (Å²) >= 11 is 0. The summed E-state index contributed by atoms with van der Waals surface area (Å²) in [7, 11) is 0. The molecular weight excluding hydrogens is 280 g/mol. The van der Waals surface area contributed by atoms with Gasteiger partial charge in [-0.25, -0.2) is 0 Å². The molecule has 0 bridgehead atoms. The summed E-state index contributed by atoms with van der Waals surface area (Å²) in [6, 6.07) is 10.2. The molecular formula is C16H24N4O2. The van der Waals surface area contributed by atoms with Gasteiger partial charge in [-0.2, -0.15) is 0 Å². The Hall–Kier alpha value is -1.92. The van der Waals surface area contributed by atoms with Gasteiger partial charge in [0.25, 0.3) is 0 Å². The van der Waals surface area contributed by atoms with Crippen LogP contribution in [-0.4, -0.2) is 67.4 Å². The minimum absolute atomic E-state index is 0.00337. The summed E-state index contributed by atoms with van der Waals surface area (Å²) in [6.45, 7) is 3.57. The van der Waals surface area contributed by atoms with Crippen LogP contribution in [0, 0.1) is 0 Å². The van der Waals surface area contributed by atoms with E-state index in [1.165, 1.54) is 5.56 Å². The summed E-state index contributed by atoms with van der Waals surface area (Å²) in [5.74, 6) is -0.0920. The quantitative estimate of drug-likeness (QED) is 0.708. The lowest BCUT2D eigenvalue weighted by Crippen LogP contribution is -2.52. The lowest BCUT2D eigenvalue weighted by atomic mass is 10.1. The highest BCUT2D eigenvalue weighted by Gasteiger charge is 2.22. The maximum absolute atomic E-state index is 12.3. The van der Waals surface area contributed by atoms with E-state index in [1.807, 2.05) is 18.2 Å². The number of amides is 2. The van der Waals surface area contributed by atoms with Crippen LogP contribution in [0.5, 0.6) is 0 Å². The van der Waals surface area contributed by atoms with Crippen molar-refractivity contribution in [2.24, 2.45) is 5.73 Å². The largest absolute Gasteiger partial charge is 0.353 e. The van der Waals surface area contributed by atoms with Gasteiger partial charge in [-0.3, -0.25) is 14.5 Å². The highest BCUT2D eigenvalue weighted by Crippen LogP contribution is 2.03. The number of carbonyl (C=O) groups is 2. The normalized spacial score (nSPS) is 15.0. The molecule has 0 aromatic heterocycles. The molecule has 2 amide bonds. The molecule has 1 aliphatic rings. The number of nitrogens with two attached hydrogens (primary N) is 1. The van der Waals surface area contributed by atoms with Gasteiger partial charge in [-0.05, 0) is 12.0 Å². The molecule has 0 aliphatic carbocycles. The molecule has 2 rings (SSSR count). The first-order chi connectivity index (χ1) is 10.7. The van der Waals surface area contributed by atoms with Gasteiger partial charge in [0.2, 0.25) is 11.8 Å². The van der Waals surface area contributed by atoms with Crippen LogP contribution < -0.4 is 11.1 Å². The van der Waals surface area contributed by atoms with Gasteiger partial charge in [0.05, 0.1) is 13.1 Å². The highest BCUT2D eigenvalue weighted by molar-refractivity contribution is 5.86. The minimum Gasteiger partial charge on any atom is -0.353 e. The summed E-state index contributed by atoms with van der Waals surface area (Å²) in [5, 5.41) is 2.73. The first kappa shape index (κ1) is 16.5. The summed E-state index contributed by atoms with van der Waals surface area (Å²) in [4.78, 5) is 27.3. The second-order valence-corrected chi connectivity index (χ2v) is 5.47. The van der Waals surface area contributed by atoms with E-state index < -0.39 is 0 Å². The lowest BCUT2D eigenvalue weighted by molar-refractivity contribution is -0.139. The fraction of sp³-hybridized carbons (Fsp3) is 0.500. The van der Waals surface area contributed by atoms with E-state index in [9.17, 15) is 9.59 Å². The van der Waals surface area contributed by atoms with Crippen LogP contribution in [0.15, 0.2) is 30.3 Å².